The number of phenolic OH excluding ortho intramolecular Hbond substituents is 1. The van der Waals surface area contributed by atoms with Crippen LogP contribution in [0, 0.1) is 0 Å². The molecule has 2 rings (SSSR count). The van der Waals surface area contributed by atoms with E-state index in [-0.39, 0.29) is 11.3 Å². The molecule has 0 bridgehead atoms. The second-order valence-electron chi connectivity index (χ2n) is 3.89. The van der Waals surface area contributed by atoms with Crippen molar-refractivity contribution in [2.45, 2.75) is 19.3 Å². The van der Waals surface area contributed by atoms with E-state index in [1.807, 2.05) is 0 Å². The Morgan fingerprint density at radius 3 is 2.56 bits per heavy atom. The number of benzene rings is 1. The standard InChI is InChI=1S/C12H15NO3/c14-11-7-3-2-6-10(11)12(15)16-13-8-4-1-5-9-13/h2-3,6-7,14H,1,4-5,8-9H2. The number of carbonyl (C=O) groups excluding carboxylic acids is 1. The normalized spacial score (nSPS) is 17.0. The summed E-state index contributed by atoms with van der Waals surface area (Å²) < 4.78 is 0. The quantitative estimate of drug-likeness (QED) is 0.829. The van der Waals surface area contributed by atoms with E-state index in [0.29, 0.717) is 0 Å². The minimum Gasteiger partial charge on any atom is -0.507 e. The van der Waals surface area contributed by atoms with Gasteiger partial charge in [0.2, 0.25) is 0 Å². The lowest BCUT2D eigenvalue weighted by Crippen LogP contribution is -2.32. The first kappa shape index (κ1) is 11.0. The maximum Gasteiger partial charge on any atom is 0.360 e. The molecule has 4 nitrogen and oxygen atoms in total. The zero-order chi connectivity index (χ0) is 11.4. The fraction of sp³-hybridized carbons (Fsp3) is 0.417. The van der Waals surface area contributed by atoms with E-state index in [0.717, 1.165) is 25.9 Å². The molecule has 1 saturated heterocycles. The summed E-state index contributed by atoms with van der Waals surface area (Å²) in [5, 5.41) is 11.2. The van der Waals surface area contributed by atoms with Gasteiger partial charge in [-0.25, -0.2) is 4.79 Å². The average molecular weight is 221 g/mol. The summed E-state index contributed by atoms with van der Waals surface area (Å²) in [5.41, 5.74) is 0.216. The van der Waals surface area contributed by atoms with Gasteiger partial charge in [-0.2, -0.15) is 0 Å². The number of hydrogen-bond acceptors (Lipinski definition) is 4. The van der Waals surface area contributed by atoms with Crippen LogP contribution in [0.1, 0.15) is 29.6 Å². The zero-order valence-corrected chi connectivity index (χ0v) is 9.06. The van der Waals surface area contributed by atoms with Crippen molar-refractivity contribution in [1.29, 1.82) is 0 Å². The van der Waals surface area contributed by atoms with Crippen LogP contribution >= 0.6 is 0 Å². The van der Waals surface area contributed by atoms with Crippen LogP contribution in [-0.2, 0) is 4.84 Å². The maximum absolute atomic E-state index is 11.7. The van der Waals surface area contributed by atoms with Crippen molar-refractivity contribution in [2.24, 2.45) is 0 Å². The van der Waals surface area contributed by atoms with E-state index in [2.05, 4.69) is 0 Å². The average Bonchev–Trinajstić information content (AvgIpc) is 2.31. The van der Waals surface area contributed by atoms with E-state index in [4.69, 9.17) is 4.84 Å². The Hall–Kier alpha value is -1.55. The summed E-state index contributed by atoms with van der Waals surface area (Å²) in [4.78, 5) is 16.9. The maximum atomic E-state index is 11.7. The van der Waals surface area contributed by atoms with Gasteiger partial charge < -0.3 is 9.94 Å². The Bertz CT molecular complexity index is 372. The number of carbonyl (C=O) groups is 1. The lowest BCUT2D eigenvalue weighted by molar-refractivity contribution is -0.119. The Labute approximate surface area is 94.4 Å². The van der Waals surface area contributed by atoms with Crippen molar-refractivity contribution in [2.75, 3.05) is 13.1 Å². The topological polar surface area (TPSA) is 49.8 Å². The zero-order valence-electron chi connectivity index (χ0n) is 9.06. The van der Waals surface area contributed by atoms with Crippen molar-refractivity contribution >= 4 is 5.97 Å². The molecular formula is C12H15NO3. The number of rotatable bonds is 2. The third kappa shape index (κ3) is 2.52. The molecule has 4 heteroatoms. The number of para-hydroxylation sites is 1. The SMILES string of the molecule is O=C(ON1CCCCC1)c1ccccc1O. The molecule has 0 aliphatic carbocycles. The predicted octanol–water partition coefficient (Wildman–Crippen LogP) is 1.95. The van der Waals surface area contributed by atoms with E-state index in [1.165, 1.54) is 12.5 Å². The lowest BCUT2D eigenvalue weighted by atomic mass is 10.2. The van der Waals surface area contributed by atoms with Crippen molar-refractivity contribution in [3.05, 3.63) is 29.8 Å². The largest absolute Gasteiger partial charge is 0.507 e. The van der Waals surface area contributed by atoms with E-state index in [9.17, 15) is 9.90 Å². The molecule has 1 N–H and O–H groups in total. The van der Waals surface area contributed by atoms with Crippen molar-refractivity contribution in [3.8, 4) is 5.75 Å². The Morgan fingerprint density at radius 2 is 1.88 bits per heavy atom. The Kier molecular flexibility index (Phi) is 3.41. The van der Waals surface area contributed by atoms with Crippen molar-refractivity contribution < 1.29 is 14.7 Å². The summed E-state index contributed by atoms with van der Waals surface area (Å²) in [6.07, 6.45) is 3.28. The summed E-state index contributed by atoms with van der Waals surface area (Å²) in [6, 6.07) is 6.41. The Morgan fingerprint density at radius 1 is 1.19 bits per heavy atom. The molecule has 0 saturated carbocycles. The van der Waals surface area contributed by atoms with Crippen molar-refractivity contribution in [3.63, 3.8) is 0 Å². The van der Waals surface area contributed by atoms with Gasteiger partial charge in [0, 0.05) is 13.1 Å². The van der Waals surface area contributed by atoms with Crippen molar-refractivity contribution in [1.82, 2.24) is 5.06 Å². The summed E-state index contributed by atoms with van der Waals surface area (Å²) >= 11 is 0. The van der Waals surface area contributed by atoms with Crippen LogP contribution in [0.25, 0.3) is 0 Å². The van der Waals surface area contributed by atoms with E-state index < -0.39 is 5.97 Å². The van der Waals surface area contributed by atoms with Gasteiger partial charge in [-0.05, 0) is 25.0 Å². The van der Waals surface area contributed by atoms with E-state index in [1.54, 1.807) is 23.3 Å². The van der Waals surface area contributed by atoms with Gasteiger partial charge in [-0.15, -0.1) is 5.06 Å². The summed E-state index contributed by atoms with van der Waals surface area (Å²) in [6.45, 7) is 1.55. The predicted molar refractivity (Wildman–Crippen MR) is 58.9 cm³/mol. The molecule has 86 valence electrons. The van der Waals surface area contributed by atoms with Gasteiger partial charge in [0.25, 0.3) is 0 Å². The molecule has 0 atom stereocenters. The highest BCUT2D eigenvalue weighted by atomic mass is 16.7. The third-order valence-corrected chi connectivity index (χ3v) is 2.65. The molecule has 0 spiro atoms. The minimum atomic E-state index is -0.486. The molecule has 1 aromatic carbocycles. The molecule has 1 aliphatic rings. The molecular weight excluding hydrogens is 206 g/mol. The van der Waals surface area contributed by atoms with Gasteiger partial charge >= 0.3 is 5.97 Å². The van der Waals surface area contributed by atoms with Crippen LogP contribution in [0.5, 0.6) is 5.75 Å². The molecule has 1 aromatic rings. The highest BCUT2D eigenvalue weighted by Crippen LogP contribution is 2.18. The molecule has 0 aromatic heterocycles. The first-order valence-electron chi connectivity index (χ1n) is 5.52. The molecule has 1 heterocycles. The lowest BCUT2D eigenvalue weighted by Gasteiger charge is -2.24. The summed E-state index contributed by atoms with van der Waals surface area (Å²) in [5.74, 6) is -0.524. The third-order valence-electron chi connectivity index (χ3n) is 2.65. The van der Waals surface area contributed by atoms with Gasteiger partial charge in [0.15, 0.2) is 0 Å². The molecule has 0 radical (unpaired) electrons. The Balaban J connectivity index is 2.00. The second kappa shape index (κ2) is 4.99. The van der Waals surface area contributed by atoms with Crippen LogP contribution < -0.4 is 0 Å². The molecule has 16 heavy (non-hydrogen) atoms. The first-order chi connectivity index (χ1) is 7.77. The fourth-order valence-corrected chi connectivity index (χ4v) is 1.77. The van der Waals surface area contributed by atoms with Crippen LogP contribution in [0.4, 0.5) is 0 Å². The molecule has 1 fully saturated rings. The van der Waals surface area contributed by atoms with Crippen LogP contribution in [0.3, 0.4) is 0 Å². The van der Waals surface area contributed by atoms with E-state index >= 15 is 0 Å². The molecule has 1 aliphatic heterocycles. The number of nitrogens with zero attached hydrogens (tertiary/aromatic N) is 1. The number of piperidine rings is 1. The number of hydroxylamine groups is 2. The van der Waals surface area contributed by atoms with Gasteiger partial charge in [0.1, 0.15) is 11.3 Å². The van der Waals surface area contributed by atoms with Gasteiger partial charge in [0.05, 0.1) is 0 Å². The smallest absolute Gasteiger partial charge is 0.360 e. The van der Waals surface area contributed by atoms with Gasteiger partial charge in [-0.3, -0.25) is 0 Å². The van der Waals surface area contributed by atoms with Gasteiger partial charge in [-0.1, -0.05) is 18.6 Å². The molecule has 0 amide bonds. The van der Waals surface area contributed by atoms with Crippen LogP contribution in [0.2, 0.25) is 0 Å². The van der Waals surface area contributed by atoms with Crippen LogP contribution in [-0.4, -0.2) is 29.2 Å². The number of hydrogen-bond donors (Lipinski definition) is 1. The second-order valence-corrected chi connectivity index (χ2v) is 3.89. The molecule has 0 unspecified atom stereocenters. The summed E-state index contributed by atoms with van der Waals surface area (Å²) in [7, 11) is 0. The fourth-order valence-electron chi connectivity index (χ4n) is 1.77. The monoisotopic (exact) mass is 221 g/mol. The first-order valence-corrected chi connectivity index (χ1v) is 5.52. The highest BCUT2D eigenvalue weighted by molar-refractivity contribution is 5.92. The number of phenols is 1. The minimum absolute atomic E-state index is 0.0375. The number of aromatic hydroxyl groups is 1. The highest BCUT2D eigenvalue weighted by Gasteiger charge is 2.18. The van der Waals surface area contributed by atoms with Crippen LogP contribution in [0.15, 0.2) is 24.3 Å².